The number of hydrogen-bond acceptors (Lipinski definition) is 4. The van der Waals surface area contributed by atoms with E-state index >= 15 is 0 Å². The third-order valence-corrected chi connectivity index (χ3v) is 8.40. The Morgan fingerprint density at radius 2 is 1.86 bits per heavy atom. The van der Waals surface area contributed by atoms with Crippen LogP contribution < -0.4 is 5.32 Å². The highest BCUT2D eigenvalue weighted by Gasteiger charge is 2.43. The van der Waals surface area contributed by atoms with Gasteiger partial charge in [0.25, 0.3) is 5.91 Å². The molecule has 3 heterocycles. The summed E-state index contributed by atoms with van der Waals surface area (Å²) < 4.78 is 0. The summed E-state index contributed by atoms with van der Waals surface area (Å²) in [6.45, 7) is 5.92. The van der Waals surface area contributed by atoms with Gasteiger partial charge in [-0.15, -0.1) is 11.3 Å². The second kappa shape index (κ2) is 10.3. The molecule has 1 N–H and O–H groups in total. The number of hydrogen-bond donors (Lipinski definition) is 1. The van der Waals surface area contributed by atoms with Crippen LogP contribution in [0.4, 0.5) is 0 Å². The lowest BCUT2D eigenvalue weighted by Crippen LogP contribution is -2.46. The number of carbonyl (C=O) groups excluding carboxylic acids is 2. The average molecular weight is 488 g/mol. The molecule has 0 radical (unpaired) electrons. The van der Waals surface area contributed by atoms with Crippen molar-refractivity contribution >= 4 is 23.2 Å². The van der Waals surface area contributed by atoms with Crippen molar-refractivity contribution in [1.82, 2.24) is 15.1 Å². The number of nitrogens with one attached hydrogen (secondary N) is 1. The molecule has 0 spiro atoms. The predicted octanol–water partition coefficient (Wildman–Crippen LogP) is 5.00. The van der Waals surface area contributed by atoms with Crippen molar-refractivity contribution in [3.05, 3.63) is 93.2 Å². The van der Waals surface area contributed by atoms with Gasteiger partial charge in [-0.1, -0.05) is 54.1 Å². The number of amides is 2. The normalized spacial score (nSPS) is 21.1. The summed E-state index contributed by atoms with van der Waals surface area (Å²) in [5, 5.41) is 5.28. The van der Waals surface area contributed by atoms with Crippen LogP contribution in [0.1, 0.15) is 56.7 Å². The minimum absolute atomic E-state index is 0.0115. The number of aryl methyl sites for hydroxylation is 1. The lowest BCUT2D eigenvalue weighted by atomic mass is 9.81. The number of likely N-dealkylation sites (tertiary alicyclic amines) is 1. The summed E-state index contributed by atoms with van der Waals surface area (Å²) in [5.74, 6) is 0.0569. The Kier molecular flexibility index (Phi) is 7.02. The second-order valence-electron chi connectivity index (χ2n) is 9.89. The Morgan fingerprint density at radius 3 is 2.60 bits per heavy atom. The highest BCUT2D eigenvalue weighted by molar-refractivity contribution is 7.10. The molecule has 1 saturated heterocycles. The van der Waals surface area contributed by atoms with E-state index in [0.29, 0.717) is 18.0 Å². The van der Waals surface area contributed by atoms with Gasteiger partial charge in [0.2, 0.25) is 5.91 Å². The zero-order valence-electron chi connectivity index (χ0n) is 20.4. The van der Waals surface area contributed by atoms with Gasteiger partial charge in [-0.25, -0.2) is 0 Å². The molecule has 2 aliphatic heterocycles. The first-order valence-electron chi connectivity index (χ1n) is 12.5. The van der Waals surface area contributed by atoms with E-state index in [2.05, 4.69) is 41.4 Å². The summed E-state index contributed by atoms with van der Waals surface area (Å²) >= 11 is 1.60. The number of rotatable bonds is 6. The maximum Gasteiger partial charge on any atom is 0.254 e. The van der Waals surface area contributed by atoms with Crippen molar-refractivity contribution in [2.24, 2.45) is 5.92 Å². The van der Waals surface area contributed by atoms with Crippen molar-refractivity contribution in [3.63, 3.8) is 0 Å². The molecule has 0 saturated carbocycles. The van der Waals surface area contributed by atoms with Gasteiger partial charge < -0.3 is 10.2 Å². The van der Waals surface area contributed by atoms with E-state index in [4.69, 9.17) is 0 Å². The molecule has 0 aliphatic carbocycles. The van der Waals surface area contributed by atoms with E-state index in [1.165, 1.54) is 11.1 Å². The van der Waals surface area contributed by atoms with Gasteiger partial charge >= 0.3 is 0 Å². The Hall–Kier alpha value is -2.96. The highest BCUT2D eigenvalue weighted by atomic mass is 32.1. The third kappa shape index (κ3) is 5.04. The van der Waals surface area contributed by atoms with Crippen molar-refractivity contribution in [2.75, 3.05) is 26.7 Å². The van der Waals surface area contributed by atoms with Crippen molar-refractivity contribution < 1.29 is 9.59 Å². The molecule has 6 heteroatoms. The number of benzene rings is 2. The highest BCUT2D eigenvalue weighted by Crippen LogP contribution is 2.43. The molecule has 0 unspecified atom stereocenters. The molecule has 1 aromatic heterocycles. The summed E-state index contributed by atoms with van der Waals surface area (Å²) in [6.07, 6.45) is 2.17. The molecule has 2 atom stereocenters. The molecule has 5 nitrogen and oxygen atoms in total. The fourth-order valence-corrected chi connectivity index (χ4v) is 6.45. The van der Waals surface area contributed by atoms with Crippen LogP contribution >= 0.6 is 11.3 Å². The fraction of sp³-hybridized carbons (Fsp3) is 0.379. The molecule has 0 bridgehead atoms. The van der Waals surface area contributed by atoms with Gasteiger partial charge in [-0.2, -0.15) is 0 Å². The zero-order valence-corrected chi connectivity index (χ0v) is 21.3. The first-order valence-corrected chi connectivity index (χ1v) is 13.3. The topological polar surface area (TPSA) is 52.7 Å². The number of carbonyl (C=O) groups is 2. The Labute approximate surface area is 211 Å². The summed E-state index contributed by atoms with van der Waals surface area (Å²) in [5.41, 5.74) is 4.13. The van der Waals surface area contributed by atoms with Gasteiger partial charge in [0.1, 0.15) is 0 Å². The van der Waals surface area contributed by atoms with E-state index in [1.807, 2.05) is 48.8 Å². The van der Waals surface area contributed by atoms with Gasteiger partial charge in [-0.3, -0.25) is 14.5 Å². The van der Waals surface area contributed by atoms with Gasteiger partial charge in [0.05, 0.1) is 12.0 Å². The van der Waals surface area contributed by atoms with Gasteiger partial charge in [-0.05, 0) is 67.4 Å². The van der Waals surface area contributed by atoms with Gasteiger partial charge in [0.15, 0.2) is 0 Å². The molecular formula is C29H33N3O2S. The van der Waals surface area contributed by atoms with Crippen LogP contribution in [0.25, 0.3) is 0 Å². The molecule has 2 amide bonds. The summed E-state index contributed by atoms with van der Waals surface area (Å²) in [6, 6.07) is 20.0. The van der Waals surface area contributed by atoms with Crippen LogP contribution in [0.3, 0.4) is 0 Å². The lowest BCUT2D eigenvalue weighted by molar-refractivity contribution is -0.124. The first-order chi connectivity index (χ1) is 17.0. The fourth-order valence-electron chi connectivity index (χ4n) is 5.54. The van der Waals surface area contributed by atoms with E-state index in [0.717, 1.165) is 42.9 Å². The number of likely N-dealkylation sites (N-methyl/N-ethyl adjacent to an activating group) is 1. The second-order valence-corrected chi connectivity index (χ2v) is 10.9. The monoisotopic (exact) mass is 487 g/mol. The van der Waals surface area contributed by atoms with Crippen molar-refractivity contribution in [3.8, 4) is 0 Å². The smallest absolute Gasteiger partial charge is 0.254 e. The Bertz CT molecular complexity index is 1180. The van der Waals surface area contributed by atoms with E-state index in [-0.39, 0.29) is 17.9 Å². The standard InChI is InChI=1S/C29H33N3O2S/c1-20-7-5-8-22(17-20)19-32-14-12-21(13-15-32)18-30-28(33)26-23-9-3-4-10-24(23)29(34)31(2)27(26)25-11-6-16-35-25/h3-11,16-17,21,26-27H,12-15,18-19H2,1-2H3,(H,30,33)/t26-,27+/m0/s1. The lowest BCUT2D eigenvalue weighted by Gasteiger charge is -2.39. The zero-order chi connectivity index (χ0) is 24.4. The van der Waals surface area contributed by atoms with E-state index < -0.39 is 5.92 Å². The van der Waals surface area contributed by atoms with Crippen LogP contribution in [-0.4, -0.2) is 48.3 Å². The molecule has 2 aromatic carbocycles. The minimum Gasteiger partial charge on any atom is -0.355 e. The van der Waals surface area contributed by atoms with Crippen LogP contribution in [0, 0.1) is 12.8 Å². The molecule has 5 rings (SSSR count). The Morgan fingerprint density at radius 1 is 1.06 bits per heavy atom. The van der Waals surface area contributed by atoms with E-state index in [9.17, 15) is 9.59 Å². The molecule has 182 valence electrons. The third-order valence-electron chi connectivity index (χ3n) is 7.46. The first kappa shape index (κ1) is 23.8. The average Bonchev–Trinajstić information content (AvgIpc) is 3.40. The SMILES string of the molecule is Cc1cccc(CN2CCC(CNC(=O)[C@H]3c4ccccc4C(=O)N(C)[C@@H]3c3cccs3)CC2)c1. The van der Waals surface area contributed by atoms with Crippen LogP contribution in [0.2, 0.25) is 0 Å². The van der Waals surface area contributed by atoms with Crippen molar-refractivity contribution in [1.29, 1.82) is 0 Å². The molecular weight excluding hydrogens is 454 g/mol. The number of thiophene rings is 1. The summed E-state index contributed by atoms with van der Waals surface area (Å²) in [7, 11) is 1.81. The maximum absolute atomic E-state index is 13.6. The number of piperidine rings is 1. The summed E-state index contributed by atoms with van der Waals surface area (Å²) in [4.78, 5) is 32.0. The quantitative estimate of drug-likeness (QED) is 0.533. The molecule has 3 aromatic rings. The van der Waals surface area contributed by atoms with Crippen LogP contribution in [0.15, 0.2) is 66.0 Å². The number of nitrogens with zero attached hydrogens (tertiary/aromatic N) is 2. The maximum atomic E-state index is 13.6. The largest absolute Gasteiger partial charge is 0.355 e. The van der Waals surface area contributed by atoms with E-state index in [1.54, 1.807) is 16.2 Å². The molecule has 2 aliphatic rings. The predicted molar refractivity (Wildman–Crippen MR) is 141 cm³/mol. The van der Waals surface area contributed by atoms with Gasteiger partial charge in [0, 0.05) is 30.6 Å². The number of fused-ring (bicyclic) bond motifs is 1. The van der Waals surface area contributed by atoms with Crippen molar-refractivity contribution in [2.45, 2.75) is 38.3 Å². The van der Waals surface area contributed by atoms with Crippen LogP contribution in [-0.2, 0) is 11.3 Å². The Balaban J connectivity index is 1.24. The van der Waals surface area contributed by atoms with Crippen LogP contribution in [0.5, 0.6) is 0 Å². The molecule has 35 heavy (non-hydrogen) atoms. The molecule has 1 fully saturated rings. The minimum atomic E-state index is -0.408.